The molecule has 0 fully saturated rings. The van der Waals surface area contributed by atoms with Crippen molar-refractivity contribution < 1.29 is 80.2 Å². The molecule has 17 nitrogen and oxygen atoms in total. The number of rotatable bonds is 89. The summed E-state index contributed by atoms with van der Waals surface area (Å²) >= 11 is 0. The van der Waals surface area contributed by atoms with Crippen LogP contribution in [0, 0.1) is 17.8 Å². The molecule has 0 aromatic heterocycles. The molecule has 3 N–H and O–H groups in total. The predicted molar refractivity (Wildman–Crippen MR) is 455 cm³/mol. The van der Waals surface area contributed by atoms with Gasteiger partial charge in [0.2, 0.25) is 0 Å². The lowest BCUT2D eigenvalue weighted by molar-refractivity contribution is -0.161. The van der Waals surface area contributed by atoms with E-state index in [0.717, 1.165) is 108 Å². The summed E-state index contributed by atoms with van der Waals surface area (Å²) in [6, 6.07) is 0. The molecule has 7 atom stereocenters. The van der Waals surface area contributed by atoms with Gasteiger partial charge in [0.05, 0.1) is 26.4 Å². The number of ether oxygens (including phenoxy) is 4. The van der Waals surface area contributed by atoms with Crippen LogP contribution in [-0.2, 0) is 65.4 Å². The van der Waals surface area contributed by atoms with Crippen LogP contribution in [0.1, 0.15) is 485 Å². The molecular formula is C91H178O17P2. The molecule has 0 saturated carbocycles. The van der Waals surface area contributed by atoms with Crippen LogP contribution in [-0.4, -0.2) is 96.7 Å². The fourth-order valence-electron chi connectivity index (χ4n) is 14.2. The first-order chi connectivity index (χ1) is 53.3. The standard InChI is InChI=1S/C91H178O17P2/c1-8-11-12-13-14-15-34-44-51-58-65-72-88(93)101-78-86(107-91(96)75-68-61-54-47-40-33-27-26-30-37-43-50-57-64-71-84(7)10-3)80-105-109(97,98)103-76-85(92)77-104-110(99,100)106-81-87(79-102-89(94)73-66-59-52-45-38-31-24-21-20-22-28-35-41-48-55-62-69-82(4)5)108-90(95)74-67-60-53-46-39-32-25-19-17-16-18-23-29-36-42-49-56-63-70-83(6)9-2/h82-87,92H,8-81H2,1-7H3,(H,97,98)(H,99,100)/t83?,84?,85-,86+,87+/m0/s1. The smallest absolute Gasteiger partial charge is 0.462 e. The Bertz CT molecular complexity index is 2120. The summed E-state index contributed by atoms with van der Waals surface area (Å²) in [7, 11) is -9.94. The van der Waals surface area contributed by atoms with Gasteiger partial charge in [0.25, 0.3) is 0 Å². The number of hydrogen-bond acceptors (Lipinski definition) is 15. The molecule has 0 saturated heterocycles. The van der Waals surface area contributed by atoms with Crippen LogP contribution in [0.2, 0.25) is 0 Å². The lowest BCUT2D eigenvalue weighted by atomic mass is 9.99. The molecular weight excluding hydrogens is 1430 g/mol. The average Bonchev–Trinajstić information content (AvgIpc) is 0.898. The van der Waals surface area contributed by atoms with Crippen LogP contribution in [0.4, 0.5) is 0 Å². The summed E-state index contributed by atoms with van der Waals surface area (Å²) in [6.07, 6.45) is 73.5. The Morgan fingerprint density at radius 2 is 0.464 bits per heavy atom. The highest BCUT2D eigenvalue weighted by Crippen LogP contribution is 2.45. The maximum atomic E-state index is 13.2. The van der Waals surface area contributed by atoms with Gasteiger partial charge in [0.15, 0.2) is 12.2 Å². The van der Waals surface area contributed by atoms with E-state index in [1.807, 2.05) is 0 Å². The average molecular weight is 1610 g/mol. The summed E-state index contributed by atoms with van der Waals surface area (Å²) < 4.78 is 69.1. The summed E-state index contributed by atoms with van der Waals surface area (Å²) in [4.78, 5) is 73.4. The molecule has 0 rings (SSSR count). The summed E-state index contributed by atoms with van der Waals surface area (Å²) in [5.74, 6) is 0.433. The van der Waals surface area contributed by atoms with Gasteiger partial charge in [-0.05, 0) is 43.4 Å². The Morgan fingerprint density at radius 3 is 0.691 bits per heavy atom. The van der Waals surface area contributed by atoms with Gasteiger partial charge < -0.3 is 33.8 Å². The van der Waals surface area contributed by atoms with E-state index in [2.05, 4.69) is 48.5 Å². The summed E-state index contributed by atoms with van der Waals surface area (Å²) in [5, 5.41) is 10.7. The quantitative estimate of drug-likeness (QED) is 0.0222. The van der Waals surface area contributed by atoms with E-state index < -0.39 is 97.5 Å². The normalized spacial score (nSPS) is 14.3. The van der Waals surface area contributed by atoms with Crippen LogP contribution in [0.15, 0.2) is 0 Å². The Morgan fingerprint density at radius 1 is 0.264 bits per heavy atom. The number of carbonyl (C=O) groups excluding carboxylic acids is 4. The van der Waals surface area contributed by atoms with E-state index in [0.29, 0.717) is 25.7 Å². The first-order valence-electron chi connectivity index (χ1n) is 46.9. The topological polar surface area (TPSA) is 237 Å². The van der Waals surface area contributed by atoms with E-state index in [1.165, 1.54) is 295 Å². The molecule has 0 aliphatic rings. The van der Waals surface area contributed by atoms with Gasteiger partial charge in [-0.3, -0.25) is 37.3 Å². The third-order valence-corrected chi connectivity index (χ3v) is 24.0. The van der Waals surface area contributed by atoms with Crippen molar-refractivity contribution in [3.05, 3.63) is 0 Å². The molecule has 0 bridgehead atoms. The molecule has 0 radical (unpaired) electrons. The van der Waals surface area contributed by atoms with Gasteiger partial charge in [-0.15, -0.1) is 0 Å². The van der Waals surface area contributed by atoms with Crippen LogP contribution >= 0.6 is 15.6 Å². The van der Waals surface area contributed by atoms with Gasteiger partial charge in [0, 0.05) is 25.7 Å². The predicted octanol–water partition coefficient (Wildman–Crippen LogP) is 28.0. The Hall–Kier alpha value is -1.94. The van der Waals surface area contributed by atoms with Crippen LogP contribution in [0.25, 0.3) is 0 Å². The van der Waals surface area contributed by atoms with Crippen LogP contribution < -0.4 is 0 Å². The first kappa shape index (κ1) is 108. The molecule has 0 heterocycles. The number of hydrogen-bond donors (Lipinski definition) is 3. The third kappa shape index (κ3) is 81.2. The number of aliphatic hydroxyl groups excluding tert-OH is 1. The molecule has 0 aromatic rings. The van der Waals surface area contributed by atoms with E-state index >= 15 is 0 Å². The highest BCUT2D eigenvalue weighted by Gasteiger charge is 2.31. The maximum Gasteiger partial charge on any atom is 0.472 e. The van der Waals surface area contributed by atoms with Crippen molar-refractivity contribution in [3.8, 4) is 0 Å². The fraction of sp³-hybridized carbons (Fsp3) is 0.956. The Balaban J connectivity index is 5.24. The Kier molecular flexibility index (Phi) is 79.4. The van der Waals surface area contributed by atoms with Crippen molar-refractivity contribution in [2.24, 2.45) is 17.8 Å². The fourth-order valence-corrected chi connectivity index (χ4v) is 15.8. The maximum absolute atomic E-state index is 13.2. The molecule has 110 heavy (non-hydrogen) atoms. The van der Waals surface area contributed by atoms with E-state index in [4.69, 9.17) is 37.0 Å². The van der Waals surface area contributed by atoms with Gasteiger partial charge in [-0.1, -0.05) is 434 Å². The molecule has 654 valence electrons. The molecule has 0 spiro atoms. The van der Waals surface area contributed by atoms with Crippen molar-refractivity contribution in [2.45, 2.75) is 503 Å². The van der Waals surface area contributed by atoms with Crippen molar-refractivity contribution in [1.29, 1.82) is 0 Å². The molecule has 0 aromatic carbocycles. The van der Waals surface area contributed by atoms with Gasteiger partial charge >= 0.3 is 39.5 Å². The first-order valence-corrected chi connectivity index (χ1v) is 49.9. The second kappa shape index (κ2) is 80.8. The second-order valence-corrected chi connectivity index (χ2v) is 36.6. The minimum Gasteiger partial charge on any atom is -0.462 e. The van der Waals surface area contributed by atoms with E-state index in [-0.39, 0.29) is 25.7 Å². The zero-order valence-corrected chi connectivity index (χ0v) is 74.5. The highest BCUT2D eigenvalue weighted by molar-refractivity contribution is 7.47. The van der Waals surface area contributed by atoms with E-state index in [1.54, 1.807) is 0 Å². The second-order valence-electron chi connectivity index (χ2n) is 33.7. The molecule has 4 unspecified atom stereocenters. The van der Waals surface area contributed by atoms with Crippen LogP contribution in [0.5, 0.6) is 0 Å². The monoisotopic (exact) mass is 1610 g/mol. The number of aliphatic hydroxyl groups is 1. The van der Waals surface area contributed by atoms with Gasteiger partial charge in [0.1, 0.15) is 19.3 Å². The van der Waals surface area contributed by atoms with Crippen molar-refractivity contribution >= 4 is 39.5 Å². The summed E-state index contributed by atoms with van der Waals surface area (Å²) in [5.41, 5.74) is 0. The van der Waals surface area contributed by atoms with E-state index in [9.17, 15) is 43.2 Å². The minimum atomic E-state index is -4.97. The van der Waals surface area contributed by atoms with Crippen molar-refractivity contribution in [3.63, 3.8) is 0 Å². The molecule has 0 aliphatic carbocycles. The zero-order chi connectivity index (χ0) is 80.8. The Labute approximate surface area is 677 Å². The number of esters is 4. The number of unbranched alkanes of at least 4 members (excludes halogenated alkanes) is 55. The third-order valence-electron chi connectivity index (χ3n) is 22.1. The lowest BCUT2D eigenvalue weighted by Gasteiger charge is -2.21. The largest absolute Gasteiger partial charge is 0.472 e. The molecule has 0 amide bonds. The van der Waals surface area contributed by atoms with Gasteiger partial charge in [-0.2, -0.15) is 0 Å². The number of carbonyl (C=O) groups is 4. The van der Waals surface area contributed by atoms with Crippen LogP contribution in [0.3, 0.4) is 0 Å². The van der Waals surface area contributed by atoms with Crippen molar-refractivity contribution in [1.82, 2.24) is 0 Å². The zero-order valence-electron chi connectivity index (χ0n) is 72.7. The van der Waals surface area contributed by atoms with Crippen molar-refractivity contribution in [2.75, 3.05) is 39.6 Å². The van der Waals surface area contributed by atoms with Gasteiger partial charge in [-0.25, -0.2) is 9.13 Å². The lowest BCUT2D eigenvalue weighted by Crippen LogP contribution is -2.30. The SMILES string of the molecule is CCCCCCCCCCCCCC(=O)OC[C@H](COP(=O)(O)OC[C@H](O)COP(=O)(O)OC[C@@H](COC(=O)CCCCCCCCCCCCCCCCCCC(C)C)OC(=O)CCCCCCCCCCCCCCCCCCCCC(C)CC)OC(=O)CCCCCCCCCCCCCCCCC(C)CC. The highest BCUT2D eigenvalue weighted by atomic mass is 31.2. The number of phosphoric ester groups is 2. The summed E-state index contributed by atoms with van der Waals surface area (Å²) in [6.45, 7) is 12.2. The molecule has 0 aliphatic heterocycles. The number of phosphoric acid groups is 2. The minimum absolute atomic E-state index is 0.108. The molecule has 19 heteroatoms.